The summed E-state index contributed by atoms with van der Waals surface area (Å²) in [4.78, 5) is 25.5. The number of Topliss-reactive ketones (excluding diaryl/α,β-unsaturated/α-hetero) is 1. The van der Waals surface area contributed by atoms with E-state index in [-0.39, 0.29) is 6.54 Å². The van der Waals surface area contributed by atoms with Crippen LogP contribution in [0.5, 0.6) is 5.75 Å². The van der Waals surface area contributed by atoms with Crippen LogP contribution >= 0.6 is 0 Å². The van der Waals surface area contributed by atoms with E-state index in [1.807, 2.05) is 6.07 Å². The first-order valence-electron chi connectivity index (χ1n) is 6.13. The molecule has 3 rings (SSSR count). The smallest absolute Gasteiger partial charge is 0.299 e. The molecule has 0 fully saturated rings. The van der Waals surface area contributed by atoms with Crippen molar-refractivity contribution >= 4 is 17.4 Å². The van der Waals surface area contributed by atoms with Crippen LogP contribution in [0.1, 0.15) is 16.1 Å². The van der Waals surface area contributed by atoms with Crippen LogP contribution in [-0.2, 0) is 18.4 Å². The second-order valence-electron chi connectivity index (χ2n) is 4.58. The summed E-state index contributed by atoms with van der Waals surface area (Å²) in [6, 6.07) is 6.86. The average molecular weight is 271 g/mol. The molecule has 20 heavy (non-hydrogen) atoms. The SMILES string of the molecule is COc1ccc2c(c1)C(=O)C(=O)N2Cc1ccn(C)n1. The van der Waals surface area contributed by atoms with Crippen molar-refractivity contribution in [3.8, 4) is 5.75 Å². The maximum Gasteiger partial charge on any atom is 0.299 e. The fourth-order valence-electron chi connectivity index (χ4n) is 2.27. The van der Waals surface area contributed by atoms with Crippen molar-refractivity contribution in [3.63, 3.8) is 0 Å². The highest BCUT2D eigenvalue weighted by atomic mass is 16.5. The van der Waals surface area contributed by atoms with Gasteiger partial charge in [-0.15, -0.1) is 0 Å². The quantitative estimate of drug-likeness (QED) is 0.786. The highest BCUT2D eigenvalue weighted by Crippen LogP contribution is 2.32. The second kappa shape index (κ2) is 4.48. The molecule has 2 aromatic rings. The lowest BCUT2D eigenvalue weighted by molar-refractivity contribution is -0.114. The van der Waals surface area contributed by atoms with Gasteiger partial charge in [-0.1, -0.05) is 0 Å². The van der Waals surface area contributed by atoms with E-state index >= 15 is 0 Å². The van der Waals surface area contributed by atoms with Crippen molar-refractivity contribution in [2.75, 3.05) is 12.0 Å². The van der Waals surface area contributed by atoms with Crippen LogP contribution in [0.2, 0.25) is 0 Å². The highest BCUT2D eigenvalue weighted by Gasteiger charge is 2.36. The van der Waals surface area contributed by atoms with Crippen LogP contribution in [0.15, 0.2) is 30.5 Å². The van der Waals surface area contributed by atoms with E-state index in [0.29, 0.717) is 17.0 Å². The third-order valence-electron chi connectivity index (χ3n) is 3.27. The Morgan fingerprint density at radius 1 is 1.25 bits per heavy atom. The first-order valence-corrected chi connectivity index (χ1v) is 6.13. The Balaban J connectivity index is 1.98. The zero-order valence-electron chi connectivity index (χ0n) is 11.2. The molecular weight excluding hydrogens is 258 g/mol. The number of anilines is 1. The number of hydrogen-bond acceptors (Lipinski definition) is 4. The number of nitrogens with zero attached hydrogens (tertiary/aromatic N) is 3. The highest BCUT2D eigenvalue weighted by molar-refractivity contribution is 6.52. The maximum absolute atomic E-state index is 12.1. The molecular formula is C14H13N3O3. The lowest BCUT2D eigenvalue weighted by Crippen LogP contribution is -2.29. The Morgan fingerprint density at radius 3 is 2.70 bits per heavy atom. The van der Waals surface area contributed by atoms with E-state index in [0.717, 1.165) is 5.69 Å². The van der Waals surface area contributed by atoms with Gasteiger partial charge in [0.05, 0.1) is 30.6 Å². The van der Waals surface area contributed by atoms with Crippen LogP contribution in [0.4, 0.5) is 5.69 Å². The van der Waals surface area contributed by atoms with Crippen molar-refractivity contribution in [1.82, 2.24) is 9.78 Å². The molecule has 6 heteroatoms. The standard InChI is InChI=1S/C14H13N3O3/c1-16-6-5-9(15-16)8-17-12-4-3-10(20-2)7-11(12)13(18)14(17)19/h3-7H,8H2,1-2H3. The third kappa shape index (κ3) is 1.85. The first-order chi connectivity index (χ1) is 9.60. The van der Waals surface area contributed by atoms with E-state index < -0.39 is 11.7 Å². The summed E-state index contributed by atoms with van der Waals surface area (Å²) in [5.74, 6) is -0.474. The molecule has 0 saturated heterocycles. The maximum atomic E-state index is 12.1. The Hall–Kier alpha value is -2.63. The summed E-state index contributed by atoms with van der Waals surface area (Å²) in [7, 11) is 3.33. The van der Waals surface area contributed by atoms with Crippen LogP contribution in [0, 0.1) is 0 Å². The average Bonchev–Trinajstić information content (AvgIpc) is 2.96. The fourth-order valence-corrected chi connectivity index (χ4v) is 2.27. The molecule has 0 aliphatic carbocycles. The molecule has 2 heterocycles. The molecule has 0 N–H and O–H groups in total. The fraction of sp³-hybridized carbons (Fsp3) is 0.214. The Labute approximate surface area is 115 Å². The van der Waals surface area contributed by atoms with Gasteiger partial charge in [0.25, 0.3) is 11.7 Å². The number of aryl methyl sites for hydroxylation is 1. The molecule has 1 aromatic heterocycles. The Kier molecular flexibility index (Phi) is 2.78. The number of carbonyl (C=O) groups is 2. The summed E-state index contributed by atoms with van der Waals surface area (Å²) in [5, 5.41) is 4.23. The number of rotatable bonds is 3. The lowest BCUT2D eigenvalue weighted by Gasteiger charge is -2.15. The van der Waals surface area contributed by atoms with Crippen molar-refractivity contribution in [1.29, 1.82) is 0 Å². The number of amides is 1. The number of hydrogen-bond donors (Lipinski definition) is 0. The zero-order chi connectivity index (χ0) is 14.3. The number of aromatic nitrogens is 2. The van der Waals surface area contributed by atoms with Crippen molar-refractivity contribution < 1.29 is 14.3 Å². The number of ketones is 1. The van der Waals surface area contributed by atoms with Crippen molar-refractivity contribution in [2.24, 2.45) is 7.05 Å². The molecule has 0 atom stereocenters. The van der Waals surface area contributed by atoms with Gasteiger partial charge in [-0.3, -0.25) is 19.2 Å². The van der Waals surface area contributed by atoms with Crippen LogP contribution < -0.4 is 9.64 Å². The van der Waals surface area contributed by atoms with Crippen LogP contribution in [0.25, 0.3) is 0 Å². The van der Waals surface area contributed by atoms with Gasteiger partial charge < -0.3 is 4.74 Å². The van der Waals surface area contributed by atoms with Gasteiger partial charge in [-0.05, 0) is 24.3 Å². The van der Waals surface area contributed by atoms with E-state index in [4.69, 9.17) is 4.74 Å². The summed E-state index contributed by atoms with van der Waals surface area (Å²) in [6.45, 7) is 0.282. The topological polar surface area (TPSA) is 64.4 Å². The van der Waals surface area contributed by atoms with Gasteiger partial charge in [-0.25, -0.2) is 0 Å². The van der Waals surface area contributed by atoms with E-state index in [1.54, 1.807) is 36.1 Å². The van der Waals surface area contributed by atoms with E-state index in [9.17, 15) is 9.59 Å². The number of ether oxygens (including phenoxy) is 1. The summed E-state index contributed by atoms with van der Waals surface area (Å²) >= 11 is 0. The number of benzene rings is 1. The minimum absolute atomic E-state index is 0.282. The number of carbonyl (C=O) groups excluding carboxylic acids is 2. The molecule has 0 bridgehead atoms. The molecule has 1 aromatic carbocycles. The second-order valence-corrected chi connectivity index (χ2v) is 4.58. The van der Waals surface area contributed by atoms with Crippen LogP contribution in [-0.4, -0.2) is 28.6 Å². The molecule has 0 unspecified atom stereocenters. The van der Waals surface area contributed by atoms with E-state index in [2.05, 4.69) is 5.10 Å². The molecule has 1 aliphatic heterocycles. The lowest BCUT2D eigenvalue weighted by atomic mass is 10.1. The summed E-state index contributed by atoms with van der Waals surface area (Å²) < 4.78 is 6.74. The first kappa shape index (κ1) is 12.4. The molecule has 102 valence electrons. The molecule has 0 radical (unpaired) electrons. The third-order valence-corrected chi connectivity index (χ3v) is 3.27. The zero-order valence-corrected chi connectivity index (χ0v) is 11.2. The van der Waals surface area contributed by atoms with Gasteiger partial charge in [0.1, 0.15) is 5.75 Å². The molecule has 0 saturated carbocycles. The Morgan fingerprint density at radius 2 is 2.05 bits per heavy atom. The number of methoxy groups -OCH3 is 1. The molecule has 0 spiro atoms. The Bertz CT molecular complexity index is 705. The molecule has 1 aliphatic rings. The minimum atomic E-state index is -0.529. The van der Waals surface area contributed by atoms with Gasteiger partial charge in [0, 0.05) is 13.2 Å². The van der Waals surface area contributed by atoms with Gasteiger partial charge in [0.2, 0.25) is 0 Å². The summed E-state index contributed by atoms with van der Waals surface area (Å²) in [5.41, 5.74) is 1.72. The normalized spacial score (nSPS) is 13.8. The predicted octanol–water partition coefficient (Wildman–Crippen LogP) is 1.16. The van der Waals surface area contributed by atoms with Crippen molar-refractivity contribution in [3.05, 3.63) is 41.7 Å². The van der Waals surface area contributed by atoms with Crippen molar-refractivity contribution in [2.45, 2.75) is 6.54 Å². The minimum Gasteiger partial charge on any atom is -0.497 e. The van der Waals surface area contributed by atoms with E-state index in [1.165, 1.54) is 12.0 Å². The monoisotopic (exact) mass is 271 g/mol. The predicted molar refractivity (Wildman–Crippen MR) is 71.7 cm³/mol. The molecule has 6 nitrogen and oxygen atoms in total. The summed E-state index contributed by atoms with van der Waals surface area (Å²) in [6.07, 6.45) is 1.80. The van der Waals surface area contributed by atoms with Crippen LogP contribution in [0.3, 0.4) is 0 Å². The van der Waals surface area contributed by atoms with Gasteiger partial charge in [0.15, 0.2) is 0 Å². The molecule has 1 amide bonds. The van der Waals surface area contributed by atoms with Gasteiger partial charge in [-0.2, -0.15) is 5.10 Å². The number of fused-ring (bicyclic) bond motifs is 1. The van der Waals surface area contributed by atoms with Gasteiger partial charge >= 0.3 is 0 Å². The largest absolute Gasteiger partial charge is 0.497 e.